The molecule has 0 amide bonds. The molecule has 0 unspecified atom stereocenters. The van der Waals surface area contributed by atoms with Gasteiger partial charge in [0.1, 0.15) is 5.65 Å². The summed E-state index contributed by atoms with van der Waals surface area (Å²) in [7, 11) is 0. The molecule has 0 atom stereocenters. The van der Waals surface area contributed by atoms with E-state index in [1.54, 1.807) is 0 Å². The maximum absolute atomic E-state index is 11.5. The minimum absolute atomic E-state index is 0.0306. The van der Waals surface area contributed by atoms with Crippen LogP contribution in [0.1, 0.15) is 18.5 Å². The Hall–Kier alpha value is -1.58. The van der Waals surface area contributed by atoms with Crippen molar-refractivity contribution in [2.45, 2.75) is 25.8 Å². The third-order valence-corrected chi connectivity index (χ3v) is 2.85. The highest BCUT2D eigenvalue weighted by molar-refractivity contribution is 5.76. The number of rotatable bonds is 0. The van der Waals surface area contributed by atoms with Gasteiger partial charge in [-0.1, -0.05) is 0 Å². The normalized spacial score (nSPS) is 15.7. The maximum atomic E-state index is 11.5. The first-order valence-corrected chi connectivity index (χ1v) is 4.92. The lowest BCUT2D eigenvalue weighted by molar-refractivity contribution is 0.542. The number of aromatic nitrogens is 3. The Balaban J connectivity index is 2.42. The fourth-order valence-electron chi connectivity index (χ4n) is 2.16. The minimum Gasteiger partial charge on any atom is -0.329 e. The number of H-pyrrole nitrogens is 1. The van der Waals surface area contributed by atoms with Crippen LogP contribution in [0, 0.1) is 0 Å². The minimum atomic E-state index is -0.0306. The predicted octanol–water partition coefficient (Wildman–Crippen LogP) is 1.06. The van der Waals surface area contributed by atoms with E-state index in [1.165, 1.54) is 24.9 Å². The van der Waals surface area contributed by atoms with Crippen LogP contribution in [0.15, 0.2) is 17.2 Å². The Bertz CT molecular complexity index is 538. The van der Waals surface area contributed by atoms with Gasteiger partial charge in [0.2, 0.25) is 0 Å². The van der Waals surface area contributed by atoms with Crippen molar-refractivity contribution in [2.24, 2.45) is 0 Å². The summed E-state index contributed by atoms with van der Waals surface area (Å²) < 4.78 is 2.16. The Morgan fingerprint density at radius 1 is 1.43 bits per heavy atom. The van der Waals surface area contributed by atoms with Gasteiger partial charge >= 0.3 is 0 Å². The predicted molar refractivity (Wildman–Crippen MR) is 53.3 cm³/mol. The quantitative estimate of drug-likeness (QED) is 0.673. The molecular weight excluding hydrogens is 178 g/mol. The second kappa shape index (κ2) is 2.70. The van der Waals surface area contributed by atoms with Crippen LogP contribution in [0.2, 0.25) is 0 Å². The van der Waals surface area contributed by atoms with Crippen molar-refractivity contribution in [3.05, 3.63) is 28.4 Å². The highest BCUT2D eigenvalue weighted by Crippen LogP contribution is 2.21. The molecule has 0 radical (unpaired) electrons. The van der Waals surface area contributed by atoms with Crippen LogP contribution < -0.4 is 5.56 Å². The average Bonchev–Trinajstić information content (AvgIpc) is 2.59. The second-order valence-electron chi connectivity index (χ2n) is 3.71. The van der Waals surface area contributed by atoms with Crippen molar-refractivity contribution in [1.29, 1.82) is 0 Å². The van der Waals surface area contributed by atoms with Gasteiger partial charge in [-0.05, 0) is 25.3 Å². The largest absolute Gasteiger partial charge is 0.329 e. The summed E-state index contributed by atoms with van der Waals surface area (Å²) in [6.07, 6.45) is 4.95. The first kappa shape index (κ1) is 7.79. The van der Waals surface area contributed by atoms with Crippen LogP contribution in [0.3, 0.4) is 0 Å². The molecular formula is C10H11N3O. The molecule has 0 saturated carbocycles. The van der Waals surface area contributed by atoms with Gasteiger partial charge < -0.3 is 9.55 Å². The molecule has 4 nitrogen and oxygen atoms in total. The van der Waals surface area contributed by atoms with E-state index in [4.69, 9.17) is 0 Å². The van der Waals surface area contributed by atoms with Gasteiger partial charge in [-0.15, -0.1) is 0 Å². The lowest BCUT2D eigenvalue weighted by Crippen LogP contribution is -2.11. The number of hydrogen-bond donors (Lipinski definition) is 1. The monoisotopic (exact) mass is 189 g/mol. The summed E-state index contributed by atoms with van der Waals surface area (Å²) in [6.45, 7) is 0.995. The molecule has 0 fully saturated rings. The van der Waals surface area contributed by atoms with Crippen LogP contribution >= 0.6 is 0 Å². The average molecular weight is 189 g/mol. The Morgan fingerprint density at radius 2 is 2.36 bits per heavy atom. The fourth-order valence-corrected chi connectivity index (χ4v) is 2.16. The number of nitrogens with one attached hydrogen (secondary N) is 1. The topological polar surface area (TPSA) is 50.7 Å². The first-order chi connectivity index (χ1) is 6.86. The van der Waals surface area contributed by atoms with Crippen LogP contribution in [0.5, 0.6) is 0 Å². The van der Waals surface area contributed by atoms with Crippen molar-refractivity contribution < 1.29 is 0 Å². The highest BCUT2D eigenvalue weighted by atomic mass is 16.1. The molecule has 1 N–H and O–H groups in total. The molecule has 0 aliphatic carbocycles. The molecule has 0 bridgehead atoms. The van der Waals surface area contributed by atoms with E-state index in [0.717, 1.165) is 24.0 Å². The Morgan fingerprint density at radius 3 is 3.29 bits per heavy atom. The molecule has 1 aliphatic heterocycles. The van der Waals surface area contributed by atoms with Gasteiger partial charge in [0.25, 0.3) is 5.56 Å². The zero-order chi connectivity index (χ0) is 9.54. The lowest BCUT2D eigenvalue weighted by atomic mass is 10.1. The van der Waals surface area contributed by atoms with E-state index in [1.807, 2.05) is 6.07 Å². The molecule has 3 heterocycles. The van der Waals surface area contributed by atoms with Crippen molar-refractivity contribution in [2.75, 3.05) is 0 Å². The van der Waals surface area contributed by atoms with Gasteiger partial charge in [-0.25, -0.2) is 4.98 Å². The zero-order valence-electron chi connectivity index (χ0n) is 7.79. The third-order valence-electron chi connectivity index (χ3n) is 2.85. The highest BCUT2D eigenvalue weighted by Gasteiger charge is 2.14. The van der Waals surface area contributed by atoms with E-state index in [0.29, 0.717) is 0 Å². The summed E-state index contributed by atoms with van der Waals surface area (Å²) in [4.78, 5) is 18.3. The molecule has 3 rings (SSSR count). The summed E-state index contributed by atoms with van der Waals surface area (Å²) in [5, 5.41) is 0.726. The summed E-state index contributed by atoms with van der Waals surface area (Å²) in [6, 6.07) is 1.97. The van der Waals surface area contributed by atoms with E-state index < -0.39 is 0 Å². The van der Waals surface area contributed by atoms with Crippen LogP contribution in [0.4, 0.5) is 0 Å². The molecule has 0 aromatic carbocycles. The van der Waals surface area contributed by atoms with Crippen molar-refractivity contribution >= 4 is 11.0 Å². The van der Waals surface area contributed by atoms with E-state index in [-0.39, 0.29) is 5.56 Å². The number of aryl methyl sites for hydroxylation is 2. The standard InChI is InChI=1S/C10H11N3O/c14-10-8-5-7-3-1-2-4-13(7)9(8)11-6-12-10/h5-6H,1-4H2,(H,11,12,14). The number of nitrogens with zero attached hydrogens (tertiary/aromatic N) is 2. The summed E-state index contributed by atoms with van der Waals surface area (Å²) >= 11 is 0. The van der Waals surface area contributed by atoms with Crippen LogP contribution in [0.25, 0.3) is 11.0 Å². The van der Waals surface area contributed by atoms with Gasteiger partial charge in [0.15, 0.2) is 0 Å². The van der Waals surface area contributed by atoms with Gasteiger partial charge in [-0.2, -0.15) is 0 Å². The maximum Gasteiger partial charge on any atom is 0.260 e. The fraction of sp³-hybridized carbons (Fsp3) is 0.400. The van der Waals surface area contributed by atoms with E-state index in [2.05, 4.69) is 14.5 Å². The van der Waals surface area contributed by atoms with Crippen molar-refractivity contribution in [1.82, 2.24) is 14.5 Å². The first-order valence-electron chi connectivity index (χ1n) is 4.92. The van der Waals surface area contributed by atoms with E-state index >= 15 is 0 Å². The zero-order valence-corrected chi connectivity index (χ0v) is 7.79. The smallest absolute Gasteiger partial charge is 0.260 e. The van der Waals surface area contributed by atoms with Gasteiger partial charge in [0.05, 0.1) is 11.7 Å². The number of fused-ring (bicyclic) bond motifs is 3. The lowest BCUT2D eigenvalue weighted by Gasteiger charge is -2.14. The molecule has 2 aromatic heterocycles. The SMILES string of the molecule is O=c1[nH]cnc2c1cc1n2CCCC1. The third kappa shape index (κ3) is 0.937. The van der Waals surface area contributed by atoms with Crippen LogP contribution in [-0.4, -0.2) is 14.5 Å². The summed E-state index contributed by atoms with van der Waals surface area (Å²) in [5.74, 6) is 0. The molecule has 72 valence electrons. The van der Waals surface area contributed by atoms with E-state index in [9.17, 15) is 4.79 Å². The van der Waals surface area contributed by atoms with Crippen molar-refractivity contribution in [3.63, 3.8) is 0 Å². The number of aromatic amines is 1. The molecule has 2 aromatic rings. The molecule has 0 saturated heterocycles. The molecule has 4 heteroatoms. The van der Waals surface area contributed by atoms with Gasteiger partial charge in [-0.3, -0.25) is 4.79 Å². The summed E-state index contributed by atoms with van der Waals surface area (Å²) in [5.41, 5.74) is 2.05. The van der Waals surface area contributed by atoms with Crippen molar-refractivity contribution in [3.8, 4) is 0 Å². The Kier molecular flexibility index (Phi) is 1.50. The molecule has 0 spiro atoms. The number of hydrogen-bond acceptors (Lipinski definition) is 2. The second-order valence-corrected chi connectivity index (χ2v) is 3.71. The van der Waals surface area contributed by atoms with Gasteiger partial charge in [0, 0.05) is 12.2 Å². The molecule has 14 heavy (non-hydrogen) atoms. The van der Waals surface area contributed by atoms with Crippen LogP contribution in [-0.2, 0) is 13.0 Å². The Labute approximate surface area is 80.6 Å². The molecule has 1 aliphatic rings.